The quantitative estimate of drug-likeness (QED) is 0.708. The van der Waals surface area contributed by atoms with Gasteiger partial charge in [-0.1, -0.05) is 29.8 Å². The van der Waals surface area contributed by atoms with Gasteiger partial charge in [-0.05, 0) is 11.6 Å². The van der Waals surface area contributed by atoms with E-state index in [0.29, 0.717) is 55.9 Å². The van der Waals surface area contributed by atoms with Gasteiger partial charge in [0.25, 0.3) is 5.91 Å². The molecule has 1 amide bonds. The second-order valence-electron chi connectivity index (χ2n) is 5.87. The second kappa shape index (κ2) is 9.87. The molecular formula is C18H20ClFN4O2S. The fourth-order valence-corrected chi connectivity index (χ4v) is 3.57. The van der Waals surface area contributed by atoms with E-state index in [4.69, 9.17) is 16.3 Å². The maximum absolute atomic E-state index is 13.6. The minimum absolute atomic E-state index is 0.160. The standard InChI is InChI=1S/C18H20ClFN4O2S/c19-14-11-22-18(24-6-8-26-9-7-24)23-16(14)17(25)21-5-10-27-12-13-3-1-2-4-15(13)20/h1-4,11H,5-10,12H2,(H,21,25). The summed E-state index contributed by atoms with van der Waals surface area (Å²) in [5.74, 6) is 1.12. The third-order valence-corrected chi connectivity index (χ3v) is 5.27. The fourth-order valence-electron chi connectivity index (χ4n) is 2.55. The Morgan fingerprint density at radius 1 is 1.33 bits per heavy atom. The smallest absolute Gasteiger partial charge is 0.271 e. The number of aromatic nitrogens is 2. The topological polar surface area (TPSA) is 67.4 Å². The molecule has 1 aliphatic heterocycles. The summed E-state index contributed by atoms with van der Waals surface area (Å²) in [7, 11) is 0. The van der Waals surface area contributed by atoms with Crippen molar-refractivity contribution in [3.8, 4) is 0 Å². The Labute approximate surface area is 166 Å². The third kappa shape index (κ3) is 5.54. The van der Waals surface area contributed by atoms with E-state index in [1.807, 2.05) is 11.0 Å². The van der Waals surface area contributed by atoms with Crippen molar-refractivity contribution in [2.75, 3.05) is 43.5 Å². The molecule has 9 heteroatoms. The Kier molecular flexibility index (Phi) is 7.25. The summed E-state index contributed by atoms with van der Waals surface area (Å²) in [5.41, 5.74) is 0.815. The number of nitrogens with zero attached hydrogens (tertiary/aromatic N) is 3. The second-order valence-corrected chi connectivity index (χ2v) is 7.38. The molecule has 2 heterocycles. The first-order valence-corrected chi connectivity index (χ1v) is 10.1. The highest BCUT2D eigenvalue weighted by molar-refractivity contribution is 7.98. The normalized spacial score (nSPS) is 14.2. The Morgan fingerprint density at radius 3 is 2.89 bits per heavy atom. The largest absolute Gasteiger partial charge is 0.378 e. The van der Waals surface area contributed by atoms with Crippen LogP contribution in [-0.4, -0.2) is 54.5 Å². The first-order chi connectivity index (χ1) is 13.1. The highest BCUT2D eigenvalue weighted by atomic mass is 35.5. The number of benzene rings is 1. The summed E-state index contributed by atoms with van der Waals surface area (Å²) in [4.78, 5) is 22.9. The van der Waals surface area contributed by atoms with Crippen LogP contribution in [0.2, 0.25) is 5.02 Å². The van der Waals surface area contributed by atoms with E-state index in [0.717, 1.165) is 0 Å². The Balaban J connectivity index is 1.49. The van der Waals surface area contributed by atoms with Gasteiger partial charge in [-0.2, -0.15) is 11.8 Å². The number of morpholine rings is 1. The van der Waals surface area contributed by atoms with Crippen LogP contribution in [0.15, 0.2) is 30.5 Å². The fraction of sp³-hybridized carbons (Fsp3) is 0.389. The molecule has 0 saturated carbocycles. The molecule has 27 heavy (non-hydrogen) atoms. The molecule has 1 N–H and O–H groups in total. The lowest BCUT2D eigenvalue weighted by molar-refractivity contribution is 0.0951. The number of carbonyl (C=O) groups excluding carboxylic acids is 1. The predicted octanol–water partition coefficient (Wildman–Crippen LogP) is 2.77. The van der Waals surface area contributed by atoms with Gasteiger partial charge in [0.2, 0.25) is 5.95 Å². The van der Waals surface area contributed by atoms with E-state index in [1.54, 1.807) is 23.9 Å². The summed E-state index contributed by atoms with van der Waals surface area (Å²) in [5, 5.41) is 3.01. The minimum atomic E-state index is -0.344. The monoisotopic (exact) mass is 410 g/mol. The predicted molar refractivity (Wildman–Crippen MR) is 105 cm³/mol. The van der Waals surface area contributed by atoms with Crippen LogP contribution >= 0.6 is 23.4 Å². The molecular weight excluding hydrogens is 391 g/mol. The summed E-state index contributed by atoms with van der Waals surface area (Å²) in [6.45, 7) is 3.00. The molecule has 0 unspecified atom stereocenters. The number of thioether (sulfide) groups is 1. The van der Waals surface area contributed by atoms with Crippen molar-refractivity contribution >= 4 is 35.2 Å². The highest BCUT2D eigenvalue weighted by Gasteiger charge is 2.18. The number of nitrogens with one attached hydrogen (secondary N) is 1. The SMILES string of the molecule is O=C(NCCSCc1ccccc1F)c1nc(N2CCOCC2)ncc1Cl. The zero-order chi connectivity index (χ0) is 19.1. The van der Waals surface area contributed by atoms with Gasteiger partial charge in [-0.15, -0.1) is 0 Å². The van der Waals surface area contributed by atoms with Crippen LogP contribution in [0.3, 0.4) is 0 Å². The average molecular weight is 411 g/mol. The minimum Gasteiger partial charge on any atom is -0.378 e. The molecule has 3 rings (SSSR count). The lowest BCUT2D eigenvalue weighted by Gasteiger charge is -2.26. The number of halogens is 2. The van der Waals surface area contributed by atoms with Crippen molar-refractivity contribution in [2.45, 2.75) is 5.75 Å². The van der Waals surface area contributed by atoms with Crippen LogP contribution in [-0.2, 0) is 10.5 Å². The number of carbonyl (C=O) groups is 1. The molecule has 1 aromatic heterocycles. The molecule has 0 bridgehead atoms. The third-order valence-electron chi connectivity index (χ3n) is 3.99. The van der Waals surface area contributed by atoms with Gasteiger partial charge in [0.1, 0.15) is 5.82 Å². The Bertz CT molecular complexity index is 790. The van der Waals surface area contributed by atoms with Crippen molar-refractivity contribution in [3.05, 3.63) is 52.6 Å². The zero-order valence-electron chi connectivity index (χ0n) is 14.7. The van der Waals surface area contributed by atoms with Gasteiger partial charge < -0.3 is 15.0 Å². The molecule has 1 fully saturated rings. The van der Waals surface area contributed by atoms with E-state index < -0.39 is 0 Å². The van der Waals surface area contributed by atoms with Crippen molar-refractivity contribution < 1.29 is 13.9 Å². The van der Waals surface area contributed by atoms with Gasteiger partial charge in [0.15, 0.2) is 5.69 Å². The molecule has 0 spiro atoms. The average Bonchev–Trinajstić information content (AvgIpc) is 2.70. The molecule has 0 aliphatic carbocycles. The summed E-state index contributed by atoms with van der Waals surface area (Å²) >= 11 is 7.64. The Hall–Kier alpha value is -1.90. The molecule has 0 radical (unpaired) electrons. The van der Waals surface area contributed by atoms with Gasteiger partial charge in [0.05, 0.1) is 24.4 Å². The van der Waals surface area contributed by atoms with Crippen molar-refractivity contribution in [3.63, 3.8) is 0 Å². The van der Waals surface area contributed by atoms with E-state index in [1.165, 1.54) is 12.3 Å². The van der Waals surface area contributed by atoms with Crippen molar-refractivity contribution in [1.29, 1.82) is 0 Å². The summed E-state index contributed by atoms with van der Waals surface area (Å²) in [6.07, 6.45) is 1.45. The first-order valence-electron chi connectivity index (χ1n) is 8.60. The van der Waals surface area contributed by atoms with Crippen LogP contribution in [0.5, 0.6) is 0 Å². The van der Waals surface area contributed by atoms with E-state index in [2.05, 4.69) is 15.3 Å². The van der Waals surface area contributed by atoms with Crippen molar-refractivity contribution in [2.24, 2.45) is 0 Å². The van der Waals surface area contributed by atoms with Gasteiger partial charge in [-0.3, -0.25) is 4.79 Å². The van der Waals surface area contributed by atoms with Gasteiger partial charge in [0, 0.05) is 31.1 Å². The molecule has 1 aliphatic rings. The molecule has 0 atom stereocenters. The number of amides is 1. The maximum Gasteiger partial charge on any atom is 0.271 e. The number of ether oxygens (including phenoxy) is 1. The molecule has 1 aromatic carbocycles. The zero-order valence-corrected chi connectivity index (χ0v) is 16.2. The maximum atomic E-state index is 13.6. The Morgan fingerprint density at radius 2 is 2.11 bits per heavy atom. The number of hydrogen-bond donors (Lipinski definition) is 1. The van der Waals surface area contributed by atoms with Crippen LogP contribution in [0.25, 0.3) is 0 Å². The van der Waals surface area contributed by atoms with Crippen LogP contribution < -0.4 is 10.2 Å². The van der Waals surface area contributed by atoms with Crippen LogP contribution in [0.1, 0.15) is 16.1 Å². The molecule has 144 valence electrons. The summed E-state index contributed by atoms with van der Waals surface area (Å²) < 4.78 is 18.9. The number of anilines is 1. The van der Waals surface area contributed by atoms with Gasteiger partial charge >= 0.3 is 0 Å². The summed E-state index contributed by atoms with van der Waals surface area (Å²) in [6, 6.07) is 6.68. The first kappa shape index (κ1) is 19.9. The lowest BCUT2D eigenvalue weighted by atomic mass is 10.2. The van der Waals surface area contributed by atoms with Crippen LogP contribution in [0.4, 0.5) is 10.3 Å². The van der Waals surface area contributed by atoms with E-state index in [9.17, 15) is 9.18 Å². The molecule has 2 aromatic rings. The highest BCUT2D eigenvalue weighted by Crippen LogP contribution is 2.18. The van der Waals surface area contributed by atoms with E-state index >= 15 is 0 Å². The lowest BCUT2D eigenvalue weighted by Crippen LogP contribution is -2.38. The van der Waals surface area contributed by atoms with Crippen LogP contribution in [0, 0.1) is 5.82 Å². The number of rotatable bonds is 7. The van der Waals surface area contributed by atoms with E-state index in [-0.39, 0.29) is 22.4 Å². The number of hydrogen-bond acceptors (Lipinski definition) is 6. The molecule has 1 saturated heterocycles. The van der Waals surface area contributed by atoms with Gasteiger partial charge in [-0.25, -0.2) is 14.4 Å². The van der Waals surface area contributed by atoms with Crippen molar-refractivity contribution in [1.82, 2.24) is 15.3 Å². The molecule has 6 nitrogen and oxygen atoms in total.